The van der Waals surface area contributed by atoms with Gasteiger partial charge in [0.25, 0.3) is 0 Å². The fourth-order valence-corrected chi connectivity index (χ4v) is 1.01. The van der Waals surface area contributed by atoms with Crippen molar-refractivity contribution in [2.45, 2.75) is 38.7 Å². The number of aliphatic hydroxyl groups is 1. The normalized spacial score (nSPS) is 23.2. The van der Waals surface area contributed by atoms with Crippen molar-refractivity contribution >= 4 is 0 Å². The third kappa shape index (κ3) is 1.48. The molecule has 1 fully saturated rings. The Hall–Kier alpha value is -0.0400. The molecule has 0 spiro atoms. The van der Waals surface area contributed by atoms with Gasteiger partial charge in [0.05, 0.1) is 6.10 Å². The quantitative estimate of drug-likeness (QED) is 0.590. The Balaban J connectivity index is 2.03. The van der Waals surface area contributed by atoms with Gasteiger partial charge in [-0.15, -0.1) is 0 Å². The standard InChI is InChI=1S/C7H14O/c1-2-3-7(8)6-4-5-6/h6-8H,2-5H2,1H3/t7-/m1/s1. The first kappa shape index (κ1) is 6.09. The molecule has 0 bridgehead atoms. The molecule has 0 radical (unpaired) electrons. The topological polar surface area (TPSA) is 20.2 Å². The van der Waals surface area contributed by atoms with Crippen molar-refractivity contribution in [3.05, 3.63) is 0 Å². The smallest absolute Gasteiger partial charge is 0.0568 e. The fourth-order valence-electron chi connectivity index (χ4n) is 1.01. The summed E-state index contributed by atoms with van der Waals surface area (Å²) in [6, 6.07) is 0. The predicted octanol–water partition coefficient (Wildman–Crippen LogP) is 1.56. The summed E-state index contributed by atoms with van der Waals surface area (Å²) in [5.74, 6) is 0.676. The third-order valence-electron chi connectivity index (χ3n) is 1.75. The van der Waals surface area contributed by atoms with Gasteiger partial charge in [-0.05, 0) is 25.2 Å². The van der Waals surface area contributed by atoms with Gasteiger partial charge < -0.3 is 5.11 Å². The molecule has 0 aliphatic heterocycles. The van der Waals surface area contributed by atoms with E-state index in [1.807, 2.05) is 0 Å². The van der Waals surface area contributed by atoms with Crippen LogP contribution in [0.4, 0.5) is 0 Å². The summed E-state index contributed by atoms with van der Waals surface area (Å²) in [6.45, 7) is 2.12. The van der Waals surface area contributed by atoms with E-state index in [-0.39, 0.29) is 6.10 Å². The van der Waals surface area contributed by atoms with Crippen LogP contribution in [0.3, 0.4) is 0 Å². The highest BCUT2D eigenvalue weighted by Gasteiger charge is 2.28. The van der Waals surface area contributed by atoms with Gasteiger partial charge in [-0.25, -0.2) is 0 Å². The van der Waals surface area contributed by atoms with Crippen molar-refractivity contribution in [1.82, 2.24) is 0 Å². The third-order valence-corrected chi connectivity index (χ3v) is 1.75. The Labute approximate surface area is 50.7 Å². The molecule has 0 heterocycles. The molecule has 0 aromatic heterocycles. The van der Waals surface area contributed by atoms with E-state index in [4.69, 9.17) is 0 Å². The molecule has 0 aromatic carbocycles. The molecule has 0 unspecified atom stereocenters. The van der Waals surface area contributed by atoms with E-state index in [1.165, 1.54) is 12.8 Å². The Kier molecular flexibility index (Phi) is 1.90. The Morgan fingerprint density at radius 1 is 1.62 bits per heavy atom. The van der Waals surface area contributed by atoms with E-state index < -0.39 is 0 Å². The van der Waals surface area contributed by atoms with Crippen LogP contribution in [0, 0.1) is 5.92 Å². The summed E-state index contributed by atoms with van der Waals surface area (Å²) < 4.78 is 0. The van der Waals surface area contributed by atoms with E-state index in [1.54, 1.807) is 0 Å². The Morgan fingerprint density at radius 2 is 2.25 bits per heavy atom. The second-order valence-corrected chi connectivity index (χ2v) is 2.69. The van der Waals surface area contributed by atoms with Crippen molar-refractivity contribution in [3.8, 4) is 0 Å². The van der Waals surface area contributed by atoms with Crippen LogP contribution in [-0.4, -0.2) is 11.2 Å². The molecule has 1 nitrogen and oxygen atoms in total. The number of hydrogen-bond acceptors (Lipinski definition) is 1. The first-order chi connectivity index (χ1) is 3.84. The van der Waals surface area contributed by atoms with E-state index in [0.29, 0.717) is 5.92 Å². The van der Waals surface area contributed by atoms with Crippen molar-refractivity contribution in [2.24, 2.45) is 5.92 Å². The fraction of sp³-hybridized carbons (Fsp3) is 1.00. The molecule has 8 heavy (non-hydrogen) atoms. The van der Waals surface area contributed by atoms with Crippen molar-refractivity contribution in [3.63, 3.8) is 0 Å². The van der Waals surface area contributed by atoms with Gasteiger partial charge in [-0.3, -0.25) is 0 Å². The number of rotatable bonds is 3. The summed E-state index contributed by atoms with van der Waals surface area (Å²) in [5, 5.41) is 9.19. The predicted molar refractivity (Wildman–Crippen MR) is 33.6 cm³/mol. The van der Waals surface area contributed by atoms with Crippen LogP contribution in [0.2, 0.25) is 0 Å². The van der Waals surface area contributed by atoms with E-state index in [0.717, 1.165) is 12.8 Å². The van der Waals surface area contributed by atoms with E-state index in [2.05, 4.69) is 6.92 Å². The first-order valence-electron chi connectivity index (χ1n) is 3.52. The number of aliphatic hydroxyl groups excluding tert-OH is 1. The Bertz CT molecular complexity index is 66.8. The maximum Gasteiger partial charge on any atom is 0.0568 e. The molecule has 1 aliphatic carbocycles. The highest BCUT2D eigenvalue weighted by molar-refractivity contribution is 4.80. The van der Waals surface area contributed by atoms with Gasteiger partial charge in [-0.2, -0.15) is 0 Å². The minimum atomic E-state index is 0.0278. The summed E-state index contributed by atoms with van der Waals surface area (Å²) in [4.78, 5) is 0. The maximum atomic E-state index is 9.19. The highest BCUT2D eigenvalue weighted by atomic mass is 16.3. The maximum absolute atomic E-state index is 9.19. The second kappa shape index (κ2) is 2.49. The molecular weight excluding hydrogens is 100 g/mol. The monoisotopic (exact) mass is 114 g/mol. The number of hydrogen-bond donors (Lipinski definition) is 1. The largest absolute Gasteiger partial charge is 0.393 e. The lowest BCUT2D eigenvalue weighted by Crippen LogP contribution is -2.07. The molecule has 0 saturated heterocycles. The molecule has 1 saturated carbocycles. The van der Waals surface area contributed by atoms with Gasteiger partial charge in [-0.1, -0.05) is 13.3 Å². The molecule has 1 aliphatic rings. The zero-order valence-corrected chi connectivity index (χ0v) is 5.43. The molecule has 0 aromatic rings. The van der Waals surface area contributed by atoms with Crippen LogP contribution in [0.1, 0.15) is 32.6 Å². The lowest BCUT2D eigenvalue weighted by molar-refractivity contribution is 0.140. The van der Waals surface area contributed by atoms with Crippen molar-refractivity contribution in [1.29, 1.82) is 0 Å². The highest BCUT2D eigenvalue weighted by Crippen LogP contribution is 2.34. The summed E-state index contributed by atoms with van der Waals surface area (Å²) in [6.07, 6.45) is 4.69. The van der Waals surface area contributed by atoms with Crippen molar-refractivity contribution in [2.75, 3.05) is 0 Å². The first-order valence-corrected chi connectivity index (χ1v) is 3.52. The average molecular weight is 114 g/mol. The minimum Gasteiger partial charge on any atom is -0.393 e. The van der Waals surface area contributed by atoms with Gasteiger partial charge >= 0.3 is 0 Å². The molecule has 1 atom stereocenters. The molecular formula is C7H14O. The van der Waals surface area contributed by atoms with Crippen LogP contribution in [-0.2, 0) is 0 Å². The SMILES string of the molecule is CCC[C@@H](O)C1CC1. The summed E-state index contributed by atoms with van der Waals surface area (Å²) in [7, 11) is 0. The molecule has 48 valence electrons. The molecule has 1 rings (SSSR count). The van der Waals surface area contributed by atoms with Crippen LogP contribution >= 0.6 is 0 Å². The molecule has 1 heteroatoms. The van der Waals surface area contributed by atoms with Crippen LogP contribution in [0.15, 0.2) is 0 Å². The zero-order valence-electron chi connectivity index (χ0n) is 5.43. The van der Waals surface area contributed by atoms with E-state index in [9.17, 15) is 5.11 Å². The lowest BCUT2D eigenvalue weighted by atomic mass is 10.1. The van der Waals surface area contributed by atoms with Gasteiger partial charge in [0.1, 0.15) is 0 Å². The lowest BCUT2D eigenvalue weighted by Gasteiger charge is -2.04. The van der Waals surface area contributed by atoms with Crippen LogP contribution in [0.5, 0.6) is 0 Å². The van der Waals surface area contributed by atoms with Crippen LogP contribution in [0.25, 0.3) is 0 Å². The van der Waals surface area contributed by atoms with Crippen molar-refractivity contribution < 1.29 is 5.11 Å². The van der Waals surface area contributed by atoms with Gasteiger partial charge in [0.2, 0.25) is 0 Å². The van der Waals surface area contributed by atoms with E-state index >= 15 is 0 Å². The molecule has 0 amide bonds. The Morgan fingerprint density at radius 3 is 2.62 bits per heavy atom. The average Bonchev–Trinajstić information content (AvgIpc) is 2.45. The summed E-state index contributed by atoms with van der Waals surface area (Å²) >= 11 is 0. The zero-order chi connectivity index (χ0) is 5.98. The molecule has 1 N–H and O–H groups in total. The summed E-state index contributed by atoms with van der Waals surface area (Å²) in [5.41, 5.74) is 0. The minimum absolute atomic E-state index is 0.0278. The van der Waals surface area contributed by atoms with Gasteiger partial charge in [0, 0.05) is 0 Å². The van der Waals surface area contributed by atoms with Crippen LogP contribution < -0.4 is 0 Å². The second-order valence-electron chi connectivity index (χ2n) is 2.69. The van der Waals surface area contributed by atoms with Gasteiger partial charge in [0.15, 0.2) is 0 Å².